The number of nitrogens with one attached hydrogen (secondary N) is 2. The van der Waals surface area contributed by atoms with Crippen LogP contribution in [0.15, 0.2) is 24.4 Å². The van der Waals surface area contributed by atoms with Crippen LogP contribution in [-0.4, -0.2) is 41.2 Å². The van der Waals surface area contributed by atoms with Crippen LogP contribution in [0.3, 0.4) is 0 Å². The Bertz CT molecular complexity index is 492. The normalized spacial score (nSPS) is 11.3. The van der Waals surface area contributed by atoms with E-state index in [2.05, 4.69) is 20.4 Å². The molecule has 0 fully saturated rings. The van der Waals surface area contributed by atoms with Crippen molar-refractivity contribution in [3.63, 3.8) is 0 Å². The Morgan fingerprint density at radius 3 is 2.71 bits per heavy atom. The fourth-order valence-corrected chi connectivity index (χ4v) is 1.50. The number of hydrogen-bond donors (Lipinski definition) is 3. The van der Waals surface area contributed by atoms with E-state index in [1.165, 1.54) is 7.11 Å². The van der Waals surface area contributed by atoms with Gasteiger partial charge in [0.15, 0.2) is 0 Å². The third-order valence-corrected chi connectivity index (χ3v) is 2.62. The van der Waals surface area contributed by atoms with Crippen molar-refractivity contribution >= 4 is 18.0 Å². The lowest BCUT2D eigenvalue weighted by molar-refractivity contribution is -0.142. The first kappa shape index (κ1) is 16.4. The van der Waals surface area contributed by atoms with Gasteiger partial charge in [0.05, 0.1) is 19.3 Å². The number of carbonyl (C=O) groups excluding carboxylic acids is 2. The number of aliphatic carboxylic acids is 1. The molecule has 0 aromatic carbocycles. The summed E-state index contributed by atoms with van der Waals surface area (Å²) in [4.78, 5) is 37.6. The third kappa shape index (κ3) is 6.37. The van der Waals surface area contributed by atoms with Gasteiger partial charge in [-0.25, -0.2) is 9.59 Å². The van der Waals surface area contributed by atoms with Crippen molar-refractivity contribution in [3.05, 3.63) is 30.1 Å². The molecule has 1 aromatic rings. The zero-order chi connectivity index (χ0) is 15.7. The third-order valence-electron chi connectivity index (χ3n) is 2.62. The first-order valence-corrected chi connectivity index (χ1v) is 6.27. The maximum absolute atomic E-state index is 11.6. The van der Waals surface area contributed by atoms with Gasteiger partial charge in [-0.1, -0.05) is 6.07 Å². The topological polar surface area (TPSA) is 118 Å². The predicted molar refractivity (Wildman–Crippen MR) is 72.3 cm³/mol. The second-order valence-electron chi connectivity index (χ2n) is 4.15. The molecule has 114 valence electrons. The molecule has 21 heavy (non-hydrogen) atoms. The van der Waals surface area contributed by atoms with E-state index in [0.29, 0.717) is 5.69 Å². The maximum atomic E-state index is 11.6. The molecule has 0 spiro atoms. The lowest BCUT2D eigenvalue weighted by Crippen LogP contribution is -2.46. The minimum atomic E-state index is -1.22. The first-order valence-electron chi connectivity index (χ1n) is 6.27. The minimum absolute atomic E-state index is 0.0426. The van der Waals surface area contributed by atoms with Gasteiger partial charge in [-0.2, -0.15) is 0 Å². The van der Waals surface area contributed by atoms with Crippen LogP contribution in [-0.2, 0) is 20.9 Å². The molecule has 0 unspecified atom stereocenters. The van der Waals surface area contributed by atoms with E-state index in [1.807, 2.05) is 0 Å². The van der Waals surface area contributed by atoms with Crippen LogP contribution in [0.5, 0.6) is 0 Å². The van der Waals surface area contributed by atoms with Gasteiger partial charge in [-0.3, -0.25) is 9.78 Å². The van der Waals surface area contributed by atoms with Gasteiger partial charge in [-0.05, 0) is 18.6 Å². The average Bonchev–Trinajstić information content (AvgIpc) is 2.49. The van der Waals surface area contributed by atoms with Gasteiger partial charge in [0.25, 0.3) is 0 Å². The second kappa shape index (κ2) is 8.51. The summed E-state index contributed by atoms with van der Waals surface area (Å²) >= 11 is 0. The number of hydrogen-bond acceptors (Lipinski definition) is 5. The summed E-state index contributed by atoms with van der Waals surface area (Å²) in [7, 11) is 1.21. The van der Waals surface area contributed by atoms with Crippen LogP contribution in [0, 0.1) is 0 Å². The predicted octanol–water partition coefficient (Wildman–Crippen LogP) is 0.287. The van der Waals surface area contributed by atoms with Crippen molar-refractivity contribution in [2.24, 2.45) is 0 Å². The monoisotopic (exact) mass is 295 g/mol. The van der Waals surface area contributed by atoms with Crippen LogP contribution in [0.1, 0.15) is 18.5 Å². The van der Waals surface area contributed by atoms with E-state index in [-0.39, 0.29) is 19.4 Å². The molecule has 0 saturated heterocycles. The first-order chi connectivity index (χ1) is 10.0. The highest BCUT2D eigenvalue weighted by Gasteiger charge is 2.21. The van der Waals surface area contributed by atoms with Crippen molar-refractivity contribution in [3.8, 4) is 0 Å². The number of ether oxygens (including phenoxy) is 1. The highest BCUT2D eigenvalue weighted by atomic mass is 16.5. The molecule has 2 amide bonds. The number of carboxylic acid groups (broad SMARTS) is 1. The Labute approximate surface area is 121 Å². The van der Waals surface area contributed by atoms with Crippen LogP contribution < -0.4 is 10.6 Å². The molecule has 8 heteroatoms. The van der Waals surface area contributed by atoms with E-state index in [4.69, 9.17) is 5.11 Å². The molecule has 3 N–H and O–H groups in total. The fraction of sp³-hybridized carbons (Fsp3) is 0.385. The summed E-state index contributed by atoms with van der Waals surface area (Å²) in [5.41, 5.74) is 0.647. The van der Waals surface area contributed by atoms with Gasteiger partial charge < -0.3 is 20.5 Å². The molecule has 0 aliphatic rings. The van der Waals surface area contributed by atoms with E-state index < -0.39 is 24.0 Å². The number of urea groups is 1. The summed E-state index contributed by atoms with van der Waals surface area (Å²) in [6, 6.07) is 3.45. The molecule has 0 aliphatic heterocycles. The summed E-state index contributed by atoms with van der Waals surface area (Å²) in [6.45, 7) is 0.177. The van der Waals surface area contributed by atoms with Crippen LogP contribution in [0.25, 0.3) is 0 Å². The van der Waals surface area contributed by atoms with Gasteiger partial charge in [0, 0.05) is 12.6 Å². The number of nitrogens with zero attached hydrogens (tertiary/aromatic N) is 1. The molecule has 1 heterocycles. The number of methoxy groups -OCH3 is 1. The molecular weight excluding hydrogens is 278 g/mol. The van der Waals surface area contributed by atoms with Gasteiger partial charge in [0.2, 0.25) is 0 Å². The summed E-state index contributed by atoms with van der Waals surface area (Å²) in [5.74, 6) is -1.75. The zero-order valence-corrected chi connectivity index (χ0v) is 11.5. The Balaban J connectivity index is 2.41. The number of carboxylic acids is 1. The fourth-order valence-electron chi connectivity index (χ4n) is 1.50. The zero-order valence-electron chi connectivity index (χ0n) is 11.5. The largest absolute Gasteiger partial charge is 0.480 e. The number of rotatable bonds is 7. The minimum Gasteiger partial charge on any atom is -0.480 e. The SMILES string of the molecule is COC(=O)CC[C@@H](NC(=O)NCc1ccccn1)C(=O)O. The van der Waals surface area contributed by atoms with E-state index >= 15 is 0 Å². The van der Waals surface area contributed by atoms with Crippen molar-refractivity contribution in [2.75, 3.05) is 7.11 Å². The number of carbonyl (C=O) groups is 3. The number of amides is 2. The van der Waals surface area contributed by atoms with E-state index in [0.717, 1.165) is 0 Å². The number of aromatic nitrogens is 1. The van der Waals surface area contributed by atoms with E-state index in [9.17, 15) is 14.4 Å². The van der Waals surface area contributed by atoms with Crippen molar-refractivity contribution < 1.29 is 24.2 Å². The Morgan fingerprint density at radius 1 is 1.38 bits per heavy atom. The van der Waals surface area contributed by atoms with Crippen molar-refractivity contribution in [1.29, 1.82) is 0 Å². The molecule has 8 nitrogen and oxygen atoms in total. The quantitative estimate of drug-likeness (QED) is 0.622. The molecule has 0 bridgehead atoms. The molecule has 1 rings (SSSR count). The second-order valence-corrected chi connectivity index (χ2v) is 4.15. The Hall–Kier alpha value is -2.64. The van der Waals surface area contributed by atoms with Crippen LogP contribution in [0.4, 0.5) is 4.79 Å². The lowest BCUT2D eigenvalue weighted by Gasteiger charge is -2.14. The smallest absolute Gasteiger partial charge is 0.326 e. The highest BCUT2D eigenvalue weighted by Crippen LogP contribution is 2.00. The summed E-state index contributed by atoms with van der Waals surface area (Å²) < 4.78 is 4.42. The molecular formula is C13H17N3O5. The Kier molecular flexibility index (Phi) is 6.66. The number of pyridine rings is 1. The standard InChI is InChI=1S/C13H17N3O5/c1-21-11(17)6-5-10(12(18)19)16-13(20)15-8-9-4-2-3-7-14-9/h2-4,7,10H,5-6,8H2,1H3,(H,18,19)(H2,15,16,20)/t10-/m1/s1. The van der Waals surface area contributed by atoms with Gasteiger partial charge in [-0.15, -0.1) is 0 Å². The van der Waals surface area contributed by atoms with E-state index in [1.54, 1.807) is 24.4 Å². The van der Waals surface area contributed by atoms with Gasteiger partial charge >= 0.3 is 18.0 Å². The Morgan fingerprint density at radius 2 is 2.14 bits per heavy atom. The molecule has 0 radical (unpaired) electrons. The molecule has 1 aromatic heterocycles. The molecule has 1 atom stereocenters. The summed E-state index contributed by atoms with van der Waals surface area (Å²) in [5, 5.41) is 13.8. The van der Waals surface area contributed by atoms with Crippen LogP contribution in [0.2, 0.25) is 0 Å². The number of esters is 1. The average molecular weight is 295 g/mol. The lowest BCUT2D eigenvalue weighted by atomic mass is 10.1. The molecule has 0 aliphatic carbocycles. The van der Waals surface area contributed by atoms with Crippen LogP contribution >= 0.6 is 0 Å². The van der Waals surface area contributed by atoms with Gasteiger partial charge in [0.1, 0.15) is 6.04 Å². The maximum Gasteiger partial charge on any atom is 0.326 e. The van der Waals surface area contributed by atoms with Crippen molar-refractivity contribution in [2.45, 2.75) is 25.4 Å². The van der Waals surface area contributed by atoms with Crippen molar-refractivity contribution in [1.82, 2.24) is 15.6 Å². The molecule has 0 saturated carbocycles. The summed E-state index contributed by atoms with van der Waals surface area (Å²) in [6.07, 6.45) is 1.46. The highest BCUT2D eigenvalue weighted by molar-refractivity contribution is 5.83.